The van der Waals surface area contributed by atoms with E-state index in [2.05, 4.69) is 15.2 Å². The summed E-state index contributed by atoms with van der Waals surface area (Å²) in [5.41, 5.74) is 2.20. The van der Waals surface area contributed by atoms with Gasteiger partial charge in [-0.1, -0.05) is 12.1 Å². The van der Waals surface area contributed by atoms with Gasteiger partial charge in [-0.15, -0.1) is 0 Å². The molecule has 23 heavy (non-hydrogen) atoms. The summed E-state index contributed by atoms with van der Waals surface area (Å²) in [5.74, 6) is 1.30. The second kappa shape index (κ2) is 6.38. The van der Waals surface area contributed by atoms with Crippen molar-refractivity contribution in [1.29, 1.82) is 0 Å². The van der Waals surface area contributed by atoms with E-state index in [1.165, 1.54) is 12.1 Å². The molecule has 0 aliphatic carbocycles. The molecular formula is C18H20FN2O2+. The predicted molar refractivity (Wildman–Crippen MR) is 85.8 cm³/mol. The summed E-state index contributed by atoms with van der Waals surface area (Å²) in [6, 6.07) is 13.9. The Morgan fingerprint density at radius 3 is 2.61 bits per heavy atom. The fourth-order valence-electron chi connectivity index (χ4n) is 2.72. The van der Waals surface area contributed by atoms with Crippen LogP contribution in [0.5, 0.6) is 5.75 Å². The second-order valence-corrected chi connectivity index (χ2v) is 5.62. The van der Waals surface area contributed by atoms with Gasteiger partial charge in [0.2, 0.25) is 0 Å². The number of aromatic nitrogens is 2. The summed E-state index contributed by atoms with van der Waals surface area (Å²) in [6.45, 7) is 2.61. The number of para-hydroxylation sites is 2. The Balaban J connectivity index is 1.72. The molecule has 0 aliphatic heterocycles. The van der Waals surface area contributed by atoms with Crippen LogP contribution in [0.1, 0.15) is 5.82 Å². The number of nitrogens with zero attached hydrogens (tertiary/aromatic N) is 2. The lowest BCUT2D eigenvalue weighted by Crippen LogP contribution is -2.32. The minimum absolute atomic E-state index is 0.154. The standard InChI is InChI=1S/C18H20FN2O2/c1-13-20(2)17-5-3-4-6-18(17)21(13)11-15(22)12-23-16-9-7-14(19)8-10-16/h3-10,15,22H,11-12H2,1-2H3/q+1/t15-/m1/s1. The van der Waals surface area contributed by atoms with Crippen molar-refractivity contribution in [2.75, 3.05) is 6.61 Å². The number of ether oxygens (including phenoxy) is 1. The highest BCUT2D eigenvalue weighted by Crippen LogP contribution is 2.15. The Kier molecular flexibility index (Phi) is 4.30. The summed E-state index contributed by atoms with van der Waals surface area (Å²) in [7, 11) is 2.01. The molecule has 1 N–H and O–H groups in total. The minimum atomic E-state index is -0.658. The molecule has 5 heteroatoms. The number of halogens is 1. The SMILES string of the molecule is Cc1n(C[C@@H](O)COc2ccc(F)cc2)c2ccccc2[n+]1C. The molecule has 0 saturated carbocycles. The molecule has 0 fully saturated rings. The third kappa shape index (κ3) is 3.19. The Morgan fingerprint density at radius 2 is 1.87 bits per heavy atom. The number of benzene rings is 2. The fourth-order valence-corrected chi connectivity index (χ4v) is 2.72. The first-order valence-corrected chi connectivity index (χ1v) is 7.56. The quantitative estimate of drug-likeness (QED) is 0.734. The topological polar surface area (TPSA) is 38.3 Å². The molecule has 1 atom stereocenters. The van der Waals surface area contributed by atoms with Crippen molar-refractivity contribution in [2.24, 2.45) is 7.05 Å². The van der Waals surface area contributed by atoms with E-state index in [1.807, 2.05) is 32.2 Å². The number of hydrogen-bond donors (Lipinski definition) is 1. The van der Waals surface area contributed by atoms with E-state index in [4.69, 9.17) is 4.74 Å². The Bertz CT molecular complexity index is 812. The summed E-state index contributed by atoms with van der Waals surface area (Å²) in [6.07, 6.45) is -0.658. The molecule has 0 saturated heterocycles. The van der Waals surface area contributed by atoms with E-state index < -0.39 is 6.10 Å². The van der Waals surface area contributed by atoms with Crippen molar-refractivity contribution < 1.29 is 18.8 Å². The minimum Gasteiger partial charge on any atom is -0.491 e. The normalized spacial score (nSPS) is 12.5. The lowest BCUT2D eigenvalue weighted by molar-refractivity contribution is -0.652. The Morgan fingerprint density at radius 1 is 1.17 bits per heavy atom. The summed E-state index contributed by atoms with van der Waals surface area (Å²) in [4.78, 5) is 0. The zero-order chi connectivity index (χ0) is 16.4. The van der Waals surface area contributed by atoms with Gasteiger partial charge in [-0.25, -0.2) is 13.5 Å². The molecule has 0 unspecified atom stereocenters. The number of aryl methyl sites for hydroxylation is 1. The number of aliphatic hydroxyl groups excluding tert-OH is 1. The number of hydrogen-bond acceptors (Lipinski definition) is 2. The average molecular weight is 315 g/mol. The van der Waals surface area contributed by atoms with Crippen molar-refractivity contribution in [3.8, 4) is 5.75 Å². The van der Waals surface area contributed by atoms with Crippen LogP contribution < -0.4 is 9.30 Å². The number of fused-ring (bicyclic) bond motifs is 1. The van der Waals surface area contributed by atoms with Crippen molar-refractivity contribution in [1.82, 2.24) is 4.57 Å². The third-order valence-corrected chi connectivity index (χ3v) is 4.06. The van der Waals surface area contributed by atoms with Crippen LogP contribution in [-0.2, 0) is 13.6 Å². The van der Waals surface area contributed by atoms with Gasteiger partial charge in [0.05, 0.1) is 7.05 Å². The third-order valence-electron chi connectivity index (χ3n) is 4.06. The zero-order valence-corrected chi connectivity index (χ0v) is 13.2. The highest BCUT2D eigenvalue weighted by atomic mass is 19.1. The summed E-state index contributed by atoms with van der Waals surface area (Å²) >= 11 is 0. The van der Waals surface area contributed by atoms with Gasteiger partial charge >= 0.3 is 0 Å². The van der Waals surface area contributed by atoms with E-state index in [-0.39, 0.29) is 12.4 Å². The fraction of sp³-hybridized carbons (Fsp3) is 0.278. The maximum atomic E-state index is 12.9. The smallest absolute Gasteiger partial charge is 0.254 e. The Labute approximate surface area is 134 Å². The van der Waals surface area contributed by atoms with Gasteiger partial charge in [0, 0.05) is 6.92 Å². The molecule has 120 valence electrons. The van der Waals surface area contributed by atoms with Gasteiger partial charge in [-0.05, 0) is 36.4 Å². The zero-order valence-electron chi connectivity index (χ0n) is 13.2. The largest absolute Gasteiger partial charge is 0.491 e. The van der Waals surface area contributed by atoms with Gasteiger partial charge in [0.1, 0.15) is 30.8 Å². The van der Waals surface area contributed by atoms with Crippen LogP contribution in [0.3, 0.4) is 0 Å². The first-order chi connectivity index (χ1) is 11.1. The maximum Gasteiger partial charge on any atom is 0.254 e. The molecule has 1 heterocycles. The average Bonchev–Trinajstić information content (AvgIpc) is 2.80. The van der Waals surface area contributed by atoms with Crippen LogP contribution in [-0.4, -0.2) is 22.4 Å². The highest BCUT2D eigenvalue weighted by molar-refractivity contribution is 5.72. The van der Waals surface area contributed by atoms with Crippen LogP contribution in [0.2, 0.25) is 0 Å². The summed E-state index contributed by atoms with van der Waals surface area (Å²) < 4.78 is 22.6. The van der Waals surface area contributed by atoms with Gasteiger partial charge in [0.25, 0.3) is 5.82 Å². The van der Waals surface area contributed by atoms with Gasteiger partial charge in [-0.2, -0.15) is 0 Å². The van der Waals surface area contributed by atoms with E-state index >= 15 is 0 Å². The highest BCUT2D eigenvalue weighted by Gasteiger charge is 2.21. The summed E-state index contributed by atoms with van der Waals surface area (Å²) in [5, 5.41) is 10.3. The molecule has 3 rings (SSSR count). The number of rotatable bonds is 5. The molecular weight excluding hydrogens is 295 g/mol. The molecule has 1 aromatic heterocycles. The molecule has 0 amide bonds. The van der Waals surface area contributed by atoms with E-state index in [0.29, 0.717) is 12.3 Å². The number of imidazole rings is 1. The van der Waals surface area contributed by atoms with E-state index in [0.717, 1.165) is 16.9 Å². The molecule has 0 spiro atoms. The maximum absolute atomic E-state index is 12.9. The second-order valence-electron chi connectivity index (χ2n) is 5.62. The van der Waals surface area contributed by atoms with Crippen molar-refractivity contribution >= 4 is 11.0 Å². The van der Waals surface area contributed by atoms with Gasteiger partial charge in [0.15, 0.2) is 11.0 Å². The molecule has 0 radical (unpaired) electrons. The number of aliphatic hydroxyl groups is 1. The molecule has 0 bridgehead atoms. The molecule has 3 aromatic rings. The van der Waals surface area contributed by atoms with Crippen molar-refractivity contribution in [2.45, 2.75) is 19.6 Å². The van der Waals surface area contributed by atoms with Crippen LogP contribution in [0.4, 0.5) is 4.39 Å². The molecule has 0 aliphatic rings. The first-order valence-electron chi connectivity index (χ1n) is 7.56. The van der Waals surface area contributed by atoms with Crippen LogP contribution in [0, 0.1) is 12.7 Å². The van der Waals surface area contributed by atoms with Crippen molar-refractivity contribution in [3.63, 3.8) is 0 Å². The van der Waals surface area contributed by atoms with Gasteiger partial charge in [-0.3, -0.25) is 0 Å². The van der Waals surface area contributed by atoms with Gasteiger partial charge < -0.3 is 9.84 Å². The lowest BCUT2D eigenvalue weighted by Gasteiger charge is -2.11. The Hall–Kier alpha value is -2.40. The molecule has 2 aromatic carbocycles. The van der Waals surface area contributed by atoms with E-state index in [1.54, 1.807) is 12.1 Å². The van der Waals surface area contributed by atoms with E-state index in [9.17, 15) is 9.50 Å². The lowest BCUT2D eigenvalue weighted by atomic mass is 10.3. The van der Waals surface area contributed by atoms with Crippen molar-refractivity contribution in [3.05, 3.63) is 60.2 Å². The van der Waals surface area contributed by atoms with Crippen LogP contribution >= 0.6 is 0 Å². The predicted octanol–water partition coefficient (Wildman–Crippen LogP) is 2.35. The van der Waals surface area contributed by atoms with Crippen LogP contribution in [0.15, 0.2) is 48.5 Å². The van der Waals surface area contributed by atoms with Crippen LogP contribution in [0.25, 0.3) is 11.0 Å². The first kappa shape index (κ1) is 15.5. The monoisotopic (exact) mass is 315 g/mol. The molecule has 4 nitrogen and oxygen atoms in total.